The molecule has 0 aliphatic carbocycles. The molecule has 0 radical (unpaired) electrons. The summed E-state index contributed by atoms with van der Waals surface area (Å²) in [5.41, 5.74) is 12.6. The smallest absolute Gasteiger partial charge is 0.152 e. The van der Waals surface area contributed by atoms with E-state index >= 15 is 0 Å². The van der Waals surface area contributed by atoms with Crippen LogP contribution >= 0.6 is 0 Å². The van der Waals surface area contributed by atoms with Crippen molar-refractivity contribution in [3.63, 3.8) is 0 Å². The Labute approximate surface area is 163 Å². The third-order valence-corrected chi connectivity index (χ3v) is 5.20. The van der Waals surface area contributed by atoms with Crippen LogP contribution in [0.3, 0.4) is 0 Å². The van der Waals surface area contributed by atoms with Crippen molar-refractivity contribution in [3.8, 4) is 11.1 Å². The number of benzene rings is 3. The van der Waals surface area contributed by atoms with Crippen molar-refractivity contribution in [1.29, 1.82) is 0 Å². The molecule has 2 N–H and O–H groups in total. The highest BCUT2D eigenvalue weighted by Crippen LogP contribution is 2.29. The van der Waals surface area contributed by atoms with Crippen LogP contribution in [0.1, 0.15) is 11.4 Å². The van der Waals surface area contributed by atoms with Gasteiger partial charge in [-0.15, -0.1) is 0 Å². The minimum atomic E-state index is 0.481. The predicted octanol–water partition coefficient (Wildman–Crippen LogP) is 5.19. The maximum atomic E-state index is 6.20. The SMILES string of the molecule is Cc1nc2c(N)nc3ccccc3c2n1Cc1ccc(-c2ccccc2)cc1. The number of aromatic nitrogens is 3. The topological polar surface area (TPSA) is 56.7 Å². The molecule has 0 bridgehead atoms. The van der Waals surface area contributed by atoms with Crippen LogP contribution in [0, 0.1) is 6.92 Å². The highest BCUT2D eigenvalue weighted by Gasteiger charge is 2.15. The van der Waals surface area contributed by atoms with E-state index in [1.165, 1.54) is 16.7 Å². The molecule has 0 saturated heterocycles. The largest absolute Gasteiger partial charge is 0.382 e. The van der Waals surface area contributed by atoms with Crippen LogP contribution in [0.15, 0.2) is 78.9 Å². The van der Waals surface area contributed by atoms with Crippen LogP contribution in [0.25, 0.3) is 33.1 Å². The fourth-order valence-corrected chi connectivity index (χ4v) is 3.78. The van der Waals surface area contributed by atoms with Gasteiger partial charge in [0.15, 0.2) is 5.82 Å². The summed E-state index contributed by atoms with van der Waals surface area (Å²) in [5, 5.41) is 1.08. The quantitative estimate of drug-likeness (QED) is 0.479. The lowest BCUT2D eigenvalue weighted by molar-refractivity contribution is 0.788. The average Bonchev–Trinajstić information content (AvgIpc) is 3.06. The molecule has 0 fully saturated rings. The molecule has 4 heteroatoms. The van der Waals surface area contributed by atoms with Crippen LogP contribution in [-0.2, 0) is 6.54 Å². The number of rotatable bonds is 3. The van der Waals surface area contributed by atoms with E-state index < -0.39 is 0 Å². The zero-order valence-electron chi connectivity index (χ0n) is 15.6. The van der Waals surface area contributed by atoms with E-state index in [-0.39, 0.29) is 0 Å². The molecule has 4 nitrogen and oxygen atoms in total. The molecule has 136 valence electrons. The third-order valence-electron chi connectivity index (χ3n) is 5.20. The maximum Gasteiger partial charge on any atom is 0.152 e. The van der Waals surface area contributed by atoms with Gasteiger partial charge < -0.3 is 10.3 Å². The maximum absolute atomic E-state index is 6.20. The molecule has 5 rings (SSSR count). The van der Waals surface area contributed by atoms with E-state index in [1.54, 1.807) is 0 Å². The van der Waals surface area contributed by atoms with Crippen molar-refractivity contribution in [2.45, 2.75) is 13.5 Å². The van der Waals surface area contributed by atoms with Crippen molar-refractivity contribution in [2.24, 2.45) is 0 Å². The summed E-state index contributed by atoms with van der Waals surface area (Å²) in [4.78, 5) is 9.21. The van der Waals surface area contributed by atoms with Gasteiger partial charge in [-0.25, -0.2) is 9.97 Å². The Morgan fingerprint density at radius 2 is 1.46 bits per heavy atom. The fourth-order valence-electron chi connectivity index (χ4n) is 3.78. The Kier molecular flexibility index (Phi) is 3.83. The van der Waals surface area contributed by atoms with Crippen molar-refractivity contribution < 1.29 is 0 Å². The number of aryl methyl sites for hydroxylation is 1. The summed E-state index contributed by atoms with van der Waals surface area (Å²) >= 11 is 0. The van der Waals surface area contributed by atoms with Gasteiger partial charge in [0, 0.05) is 11.9 Å². The second-order valence-corrected chi connectivity index (χ2v) is 7.02. The number of nitrogens with zero attached hydrogens (tertiary/aromatic N) is 3. The Morgan fingerprint density at radius 1 is 0.786 bits per heavy atom. The van der Waals surface area contributed by atoms with E-state index in [4.69, 9.17) is 10.7 Å². The summed E-state index contributed by atoms with van der Waals surface area (Å²) in [6, 6.07) is 27.2. The van der Waals surface area contributed by atoms with Gasteiger partial charge in [-0.1, -0.05) is 72.8 Å². The fraction of sp³-hybridized carbons (Fsp3) is 0.0833. The number of imidazole rings is 1. The second kappa shape index (κ2) is 6.50. The molecule has 0 aliphatic rings. The summed E-state index contributed by atoms with van der Waals surface area (Å²) < 4.78 is 2.23. The van der Waals surface area contributed by atoms with Crippen molar-refractivity contribution in [2.75, 3.05) is 5.73 Å². The molecular formula is C24H20N4. The molecule has 0 aliphatic heterocycles. The molecule has 2 aromatic heterocycles. The number of nitrogen functional groups attached to an aromatic ring is 1. The molecular weight excluding hydrogens is 344 g/mol. The molecule has 0 unspecified atom stereocenters. The van der Waals surface area contributed by atoms with Crippen LogP contribution in [0.4, 0.5) is 5.82 Å². The summed E-state index contributed by atoms with van der Waals surface area (Å²) in [7, 11) is 0. The number of hydrogen-bond acceptors (Lipinski definition) is 3. The molecule has 0 spiro atoms. The van der Waals surface area contributed by atoms with Gasteiger partial charge in [0.05, 0.1) is 11.0 Å². The minimum absolute atomic E-state index is 0.481. The molecule has 0 saturated carbocycles. The summed E-state index contributed by atoms with van der Waals surface area (Å²) in [6.45, 7) is 2.76. The Bertz CT molecular complexity index is 1290. The van der Waals surface area contributed by atoms with Gasteiger partial charge in [0.25, 0.3) is 0 Å². The molecule has 0 amide bonds. The zero-order valence-corrected chi connectivity index (χ0v) is 15.6. The Balaban J connectivity index is 1.59. The first-order valence-corrected chi connectivity index (χ1v) is 9.36. The van der Waals surface area contributed by atoms with Crippen LogP contribution in [0.5, 0.6) is 0 Å². The Hall–Kier alpha value is -3.66. The lowest BCUT2D eigenvalue weighted by Gasteiger charge is -2.10. The lowest BCUT2D eigenvalue weighted by Crippen LogP contribution is -2.03. The number of pyridine rings is 1. The molecule has 2 heterocycles. The van der Waals surface area contributed by atoms with Gasteiger partial charge in [-0.05, 0) is 29.7 Å². The highest BCUT2D eigenvalue weighted by molar-refractivity contribution is 6.06. The van der Waals surface area contributed by atoms with E-state index in [0.29, 0.717) is 5.82 Å². The molecule has 3 aromatic carbocycles. The number of nitrogens with two attached hydrogens (primary N) is 1. The normalized spacial score (nSPS) is 11.3. The molecule has 28 heavy (non-hydrogen) atoms. The first kappa shape index (κ1) is 16.5. The summed E-state index contributed by atoms with van der Waals surface area (Å²) in [5.74, 6) is 1.42. The first-order valence-electron chi connectivity index (χ1n) is 9.36. The van der Waals surface area contributed by atoms with Gasteiger partial charge in [-0.2, -0.15) is 0 Å². The first-order chi connectivity index (χ1) is 13.7. The van der Waals surface area contributed by atoms with E-state index in [2.05, 4.69) is 64.1 Å². The number of anilines is 1. The average molecular weight is 364 g/mol. The van der Waals surface area contributed by atoms with Crippen molar-refractivity contribution >= 4 is 27.8 Å². The highest BCUT2D eigenvalue weighted by atomic mass is 15.1. The zero-order chi connectivity index (χ0) is 19.1. The standard InChI is InChI=1S/C24H20N4/c1-16-26-22-23(20-9-5-6-10-21(20)27-24(22)25)28(16)15-17-11-13-19(14-12-17)18-7-3-2-4-8-18/h2-14H,15H2,1H3,(H2,25,27). The number of para-hydroxylation sites is 1. The van der Waals surface area contributed by atoms with E-state index in [1.807, 2.05) is 31.2 Å². The number of fused-ring (bicyclic) bond motifs is 3. The number of hydrogen-bond donors (Lipinski definition) is 1. The van der Waals surface area contributed by atoms with Gasteiger partial charge >= 0.3 is 0 Å². The van der Waals surface area contributed by atoms with Crippen molar-refractivity contribution in [1.82, 2.24) is 14.5 Å². The Morgan fingerprint density at radius 3 is 2.25 bits per heavy atom. The monoisotopic (exact) mass is 364 g/mol. The van der Waals surface area contributed by atoms with Gasteiger partial charge in [0.1, 0.15) is 11.3 Å². The molecule has 0 atom stereocenters. The lowest BCUT2D eigenvalue weighted by atomic mass is 10.0. The third kappa shape index (κ3) is 2.70. The van der Waals surface area contributed by atoms with Crippen molar-refractivity contribution in [3.05, 3.63) is 90.3 Å². The molecule has 5 aromatic rings. The van der Waals surface area contributed by atoms with Gasteiger partial charge in [-0.3, -0.25) is 0 Å². The van der Waals surface area contributed by atoms with Crippen LogP contribution in [0.2, 0.25) is 0 Å². The predicted molar refractivity (Wildman–Crippen MR) is 115 cm³/mol. The van der Waals surface area contributed by atoms with Gasteiger partial charge in [0.2, 0.25) is 0 Å². The van der Waals surface area contributed by atoms with Crippen LogP contribution < -0.4 is 5.73 Å². The van der Waals surface area contributed by atoms with Crippen LogP contribution in [-0.4, -0.2) is 14.5 Å². The summed E-state index contributed by atoms with van der Waals surface area (Å²) in [6.07, 6.45) is 0. The minimum Gasteiger partial charge on any atom is -0.382 e. The second-order valence-electron chi connectivity index (χ2n) is 7.02. The van der Waals surface area contributed by atoms with E-state index in [0.717, 1.165) is 34.3 Å². The van der Waals surface area contributed by atoms with E-state index in [9.17, 15) is 0 Å².